The third kappa shape index (κ3) is 60.5. The van der Waals surface area contributed by atoms with Crippen LogP contribution in [0.2, 0.25) is 0 Å². The number of aliphatic carboxylic acids is 2. The Labute approximate surface area is 302 Å². The van der Waals surface area contributed by atoms with E-state index in [4.69, 9.17) is 0 Å². The van der Waals surface area contributed by atoms with E-state index >= 15 is 0 Å². The van der Waals surface area contributed by atoms with Gasteiger partial charge in [-0.15, -0.1) is 0 Å². The van der Waals surface area contributed by atoms with Crippen molar-refractivity contribution in [3.8, 4) is 0 Å². The van der Waals surface area contributed by atoms with Gasteiger partial charge in [0.2, 0.25) is 0 Å². The fourth-order valence-electron chi connectivity index (χ4n) is 5.36. The van der Waals surface area contributed by atoms with Gasteiger partial charge in [0.25, 0.3) is 0 Å². The first-order valence-corrected chi connectivity index (χ1v) is 19.5. The number of carbonyl (C=O) groups excluding carboxylic acids is 3. The summed E-state index contributed by atoms with van der Waals surface area (Å²) < 4.78 is 4.14. The molecule has 0 fully saturated rings. The number of carboxylic acid groups (broad SMARTS) is 2. The fraction of sp³-hybridized carbons (Fsp3) is 0.875. The summed E-state index contributed by atoms with van der Waals surface area (Å²) in [5.41, 5.74) is 0. The largest absolute Gasteiger partial charge is 2.00 e. The Hall–Kier alpha value is -1.33. The van der Waals surface area contributed by atoms with Crippen LogP contribution in [0.25, 0.3) is 0 Å². The second-order valence-electron chi connectivity index (χ2n) is 12.9. The molecule has 0 aliphatic heterocycles. The maximum Gasteiger partial charge on any atom is 2.00 e. The summed E-state index contributed by atoms with van der Waals surface area (Å²) in [4.78, 5) is 30.3. The maximum absolute atomic E-state index is 10.2. The molecule has 1 radical (unpaired) electrons. The van der Waals surface area contributed by atoms with Crippen molar-refractivity contribution in [2.45, 2.75) is 219 Å². The van der Waals surface area contributed by atoms with Crippen LogP contribution in [0.5, 0.6) is 0 Å². The summed E-state index contributed by atoms with van der Waals surface area (Å²) >= 11 is 0. The topological polar surface area (TPSA) is 107 Å². The standard InChI is InChI=1S/2C18H36O2.C4H6O2.Cu/c2*1-2-3-4-5-6-7-8-9-10-11-12-13-14-15-16-17-18(19)20;1-3-4(5)6-2;/h2*2-17H2,1H3,(H,19,20);3H,1H2,2H3;/q;;;+2/p-2. The second kappa shape index (κ2) is 49.1. The van der Waals surface area contributed by atoms with Gasteiger partial charge in [-0.1, -0.05) is 200 Å². The van der Waals surface area contributed by atoms with Crippen molar-refractivity contribution in [1.29, 1.82) is 0 Å². The number of rotatable bonds is 33. The summed E-state index contributed by atoms with van der Waals surface area (Å²) in [6.45, 7) is 7.69. The smallest absolute Gasteiger partial charge is 0.550 e. The Bertz CT molecular complexity index is 596. The van der Waals surface area contributed by atoms with Crippen LogP contribution in [0.1, 0.15) is 219 Å². The Morgan fingerprint density at radius 1 is 0.447 bits per heavy atom. The van der Waals surface area contributed by atoms with Gasteiger partial charge in [0.1, 0.15) is 0 Å². The SMILES string of the molecule is C=CC(=O)OC.CCCCCCCCCCCCCCCCCC(=O)[O-].CCCCCCCCCCCCCCCCCC(=O)[O-].[Cu+2]. The molecule has 0 saturated heterocycles. The number of carbonyl (C=O) groups is 3. The quantitative estimate of drug-likeness (QED) is 0.0290. The van der Waals surface area contributed by atoms with Crippen molar-refractivity contribution in [2.75, 3.05) is 7.11 Å². The summed E-state index contributed by atoms with van der Waals surface area (Å²) in [6.07, 6.45) is 40.8. The van der Waals surface area contributed by atoms with Crippen molar-refractivity contribution in [3.63, 3.8) is 0 Å². The Kier molecular flexibility index (Phi) is 54.8. The first-order valence-electron chi connectivity index (χ1n) is 19.5. The number of carboxylic acids is 2. The zero-order valence-electron chi connectivity index (χ0n) is 31.2. The van der Waals surface area contributed by atoms with E-state index in [9.17, 15) is 24.6 Å². The van der Waals surface area contributed by atoms with Gasteiger partial charge in [-0.05, 0) is 25.7 Å². The van der Waals surface area contributed by atoms with E-state index in [0.717, 1.165) is 31.8 Å². The molecule has 0 aliphatic rings. The first-order chi connectivity index (χ1) is 22.3. The zero-order valence-corrected chi connectivity index (χ0v) is 32.1. The zero-order chi connectivity index (χ0) is 34.8. The van der Waals surface area contributed by atoms with Crippen LogP contribution < -0.4 is 10.2 Å². The van der Waals surface area contributed by atoms with E-state index in [1.165, 1.54) is 174 Å². The first kappa shape index (κ1) is 52.5. The predicted octanol–water partition coefficient (Wildman–Crippen LogP) is 10.3. The molecule has 0 heterocycles. The molecular weight excluding hydrogens is 640 g/mol. The minimum Gasteiger partial charge on any atom is -0.550 e. The summed E-state index contributed by atoms with van der Waals surface area (Å²) in [7, 11) is 1.31. The van der Waals surface area contributed by atoms with Gasteiger partial charge in [-0.25, -0.2) is 4.79 Å². The molecule has 0 aromatic carbocycles. The van der Waals surface area contributed by atoms with E-state index in [1.54, 1.807) is 0 Å². The van der Waals surface area contributed by atoms with Crippen LogP contribution in [0.4, 0.5) is 0 Å². The van der Waals surface area contributed by atoms with Crippen molar-refractivity contribution in [3.05, 3.63) is 12.7 Å². The average molecular weight is 717 g/mol. The number of esters is 1. The Morgan fingerprint density at radius 2 is 0.638 bits per heavy atom. The summed E-state index contributed by atoms with van der Waals surface area (Å²) in [6, 6.07) is 0. The fourth-order valence-corrected chi connectivity index (χ4v) is 5.36. The second-order valence-corrected chi connectivity index (χ2v) is 12.9. The van der Waals surface area contributed by atoms with Crippen molar-refractivity contribution in [2.24, 2.45) is 0 Å². The molecule has 0 aromatic rings. The van der Waals surface area contributed by atoms with Crippen molar-refractivity contribution >= 4 is 17.9 Å². The van der Waals surface area contributed by atoms with Gasteiger partial charge in [0.05, 0.1) is 7.11 Å². The summed E-state index contributed by atoms with van der Waals surface area (Å²) in [5, 5.41) is 20.4. The number of ether oxygens (including phenoxy) is 1. The van der Waals surface area contributed by atoms with Crippen LogP contribution in [-0.2, 0) is 36.2 Å². The molecule has 7 heteroatoms. The van der Waals surface area contributed by atoms with E-state index < -0.39 is 17.9 Å². The molecule has 6 nitrogen and oxygen atoms in total. The molecule has 0 amide bonds. The number of hydrogen-bond donors (Lipinski definition) is 0. The minimum absolute atomic E-state index is 0. The number of unbranched alkanes of at least 4 members (excludes halogenated alkanes) is 28. The van der Waals surface area contributed by atoms with E-state index in [1.807, 2.05) is 0 Å². The molecule has 0 spiro atoms. The van der Waals surface area contributed by atoms with Gasteiger partial charge < -0.3 is 24.5 Å². The summed E-state index contributed by atoms with van der Waals surface area (Å²) in [5.74, 6) is -2.20. The van der Waals surface area contributed by atoms with Crippen LogP contribution >= 0.6 is 0 Å². The van der Waals surface area contributed by atoms with Crippen LogP contribution in [0.3, 0.4) is 0 Å². The molecule has 0 unspecified atom stereocenters. The molecular formula is C40H76CuO6. The third-order valence-corrected chi connectivity index (χ3v) is 8.34. The van der Waals surface area contributed by atoms with Gasteiger partial charge in [0, 0.05) is 18.0 Å². The maximum atomic E-state index is 10.2. The number of hydrogen-bond acceptors (Lipinski definition) is 6. The molecule has 283 valence electrons. The molecule has 47 heavy (non-hydrogen) atoms. The van der Waals surface area contributed by atoms with Gasteiger partial charge in [0.15, 0.2) is 0 Å². The third-order valence-electron chi connectivity index (χ3n) is 8.34. The minimum atomic E-state index is -0.903. The Morgan fingerprint density at radius 3 is 0.766 bits per heavy atom. The van der Waals surface area contributed by atoms with Gasteiger partial charge in [-0.2, -0.15) is 0 Å². The number of methoxy groups -OCH3 is 1. The molecule has 0 aliphatic carbocycles. The van der Waals surface area contributed by atoms with E-state index in [-0.39, 0.29) is 29.9 Å². The van der Waals surface area contributed by atoms with Gasteiger partial charge >= 0.3 is 23.0 Å². The average Bonchev–Trinajstić information content (AvgIpc) is 3.04. The molecule has 0 N–H and O–H groups in total. The van der Waals surface area contributed by atoms with Crippen molar-refractivity contribution < 1.29 is 46.4 Å². The normalized spacial score (nSPS) is 10.1. The molecule has 0 atom stereocenters. The molecule has 0 saturated carbocycles. The molecule has 0 bridgehead atoms. The van der Waals surface area contributed by atoms with Gasteiger partial charge in [-0.3, -0.25) is 0 Å². The van der Waals surface area contributed by atoms with Crippen LogP contribution in [0.15, 0.2) is 12.7 Å². The van der Waals surface area contributed by atoms with Crippen LogP contribution in [-0.4, -0.2) is 25.0 Å². The van der Waals surface area contributed by atoms with E-state index in [0.29, 0.717) is 0 Å². The molecule has 0 rings (SSSR count). The predicted molar refractivity (Wildman–Crippen MR) is 191 cm³/mol. The Balaban J connectivity index is -0.000000329. The monoisotopic (exact) mass is 715 g/mol. The van der Waals surface area contributed by atoms with Crippen LogP contribution in [0, 0.1) is 0 Å². The van der Waals surface area contributed by atoms with Crippen molar-refractivity contribution in [1.82, 2.24) is 0 Å². The molecule has 0 aromatic heterocycles. The van der Waals surface area contributed by atoms with E-state index in [2.05, 4.69) is 25.2 Å².